The number of aryl methyl sites for hydroxylation is 2. The number of guanidine groups is 1. The fourth-order valence-corrected chi connectivity index (χ4v) is 4.37. The highest BCUT2D eigenvalue weighted by Gasteiger charge is 2.31. The lowest BCUT2D eigenvalue weighted by atomic mass is 10.0. The maximum atomic E-state index is 10.3. The summed E-state index contributed by atoms with van der Waals surface area (Å²) in [7, 11) is 1.75. The van der Waals surface area contributed by atoms with Gasteiger partial charge in [-0.15, -0.1) is 11.3 Å². The van der Waals surface area contributed by atoms with Crippen LogP contribution in [0.15, 0.2) is 4.99 Å². The lowest BCUT2D eigenvalue weighted by Crippen LogP contribution is -2.47. The summed E-state index contributed by atoms with van der Waals surface area (Å²) in [5.74, 6) is 2.58. The van der Waals surface area contributed by atoms with Crippen LogP contribution in [0.4, 0.5) is 0 Å². The van der Waals surface area contributed by atoms with Crippen molar-refractivity contribution in [2.75, 3.05) is 31.6 Å². The van der Waals surface area contributed by atoms with E-state index in [9.17, 15) is 5.11 Å². The van der Waals surface area contributed by atoms with Gasteiger partial charge in [-0.2, -0.15) is 11.8 Å². The number of aliphatic hydroxyl groups is 1. The van der Waals surface area contributed by atoms with Crippen LogP contribution in [-0.2, 0) is 6.42 Å². The van der Waals surface area contributed by atoms with Crippen LogP contribution >= 0.6 is 23.1 Å². The van der Waals surface area contributed by atoms with E-state index in [1.807, 2.05) is 6.92 Å². The Kier molecular flexibility index (Phi) is 5.89. The fourth-order valence-electron chi connectivity index (χ4n) is 2.14. The third-order valence-corrected chi connectivity index (χ3v) is 5.96. The zero-order valence-electron chi connectivity index (χ0n) is 12.9. The number of nitrogens with one attached hydrogen (secondary N) is 2. The molecule has 2 rings (SSSR count). The van der Waals surface area contributed by atoms with Crippen LogP contribution < -0.4 is 10.6 Å². The summed E-state index contributed by atoms with van der Waals surface area (Å²) in [4.78, 5) is 10.0. The molecule has 1 atom stereocenters. The standard InChI is InChI=1S/C14H24N4OS2/c1-10-11(2)21-12(18-10)4-6-16-13(15-3)17-8-14(19)5-7-20-9-14/h19H,4-9H2,1-3H3,(H2,15,16,17). The second-order valence-electron chi connectivity index (χ2n) is 5.38. The fraction of sp³-hybridized carbons (Fsp3) is 0.714. The minimum atomic E-state index is -0.591. The second kappa shape index (κ2) is 7.47. The first kappa shape index (κ1) is 16.6. The molecule has 3 N–H and O–H groups in total. The molecule has 2 heterocycles. The van der Waals surface area contributed by atoms with Crippen LogP contribution in [0.2, 0.25) is 0 Å². The largest absolute Gasteiger partial charge is 0.387 e. The number of rotatable bonds is 5. The molecule has 0 spiro atoms. The molecule has 0 amide bonds. The smallest absolute Gasteiger partial charge is 0.191 e. The summed E-state index contributed by atoms with van der Waals surface area (Å²) >= 11 is 3.55. The highest BCUT2D eigenvalue weighted by atomic mass is 32.2. The van der Waals surface area contributed by atoms with E-state index < -0.39 is 5.60 Å². The van der Waals surface area contributed by atoms with Crippen LogP contribution in [0.5, 0.6) is 0 Å². The Bertz CT molecular complexity index is 476. The van der Waals surface area contributed by atoms with E-state index in [-0.39, 0.29) is 0 Å². The van der Waals surface area contributed by atoms with Crippen LogP contribution in [0.25, 0.3) is 0 Å². The first-order valence-electron chi connectivity index (χ1n) is 7.20. The second-order valence-corrected chi connectivity index (χ2v) is 7.77. The van der Waals surface area contributed by atoms with Crippen molar-refractivity contribution in [2.24, 2.45) is 4.99 Å². The Balaban J connectivity index is 1.72. The molecule has 1 unspecified atom stereocenters. The normalized spacial score (nSPS) is 22.6. The molecule has 1 aliphatic heterocycles. The molecular formula is C14H24N4OS2. The van der Waals surface area contributed by atoms with E-state index in [0.29, 0.717) is 6.54 Å². The Morgan fingerprint density at radius 2 is 2.24 bits per heavy atom. The monoisotopic (exact) mass is 328 g/mol. The van der Waals surface area contributed by atoms with Crippen molar-refractivity contribution < 1.29 is 5.11 Å². The molecule has 1 aliphatic rings. The number of thiazole rings is 1. The van der Waals surface area contributed by atoms with E-state index in [4.69, 9.17) is 0 Å². The zero-order valence-corrected chi connectivity index (χ0v) is 14.5. The van der Waals surface area contributed by atoms with E-state index in [1.165, 1.54) is 4.88 Å². The Hall–Kier alpha value is -0.790. The van der Waals surface area contributed by atoms with E-state index in [1.54, 1.807) is 30.1 Å². The van der Waals surface area contributed by atoms with Gasteiger partial charge in [0.2, 0.25) is 0 Å². The number of aromatic nitrogens is 1. The Morgan fingerprint density at radius 3 is 2.81 bits per heavy atom. The van der Waals surface area contributed by atoms with E-state index >= 15 is 0 Å². The molecule has 1 aromatic rings. The molecule has 118 valence electrons. The summed E-state index contributed by atoms with van der Waals surface area (Å²) < 4.78 is 0. The average molecular weight is 329 g/mol. The van der Waals surface area contributed by atoms with Gasteiger partial charge in [-0.1, -0.05) is 0 Å². The van der Waals surface area contributed by atoms with Gasteiger partial charge < -0.3 is 15.7 Å². The summed E-state index contributed by atoms with van der Waals surface area (Å²) in [5.41, 5.74) is 0.532. The van der Waals surface area contributed by atoms with Gasteiger partial charge in [-0.25, -0.2) is 4.98 Å². The minimum absolute atomic E-state index is 0.551. The summed E-state index contributed by atoms with van der Waals surface area (Å²) in [6.45, 7) is 5.49. The predicted molar refractivity (Wildman–Crippen MR) is 91.5 cm³/mol. The van der Waals surface area contributed by atoms with Crippen molar-refractivity contribution in [2.45, 2.75) is 32.3 Å². The third-order valence-electron chi connectivity index (χ3n) is 3.60. The number of thioether (sulfide) groups is 1. The highest BCUT2D eigenvalue weighted by Crippen LogP contribution is 2.26. The van der Waals surface area contributed by atoms with Crippen LogP contribution in [0, 0.1) is 13.8 Å². The van der Waals surface area contributed by atoms with Gasteiger partial charge in [-0.3, -0.25) is 4.99 Å². The summed E-state index contributed by atoms with van der Waals surface area (Å²) in [6, 6.07) is 0. The van der Waals surface area contributed by atoms with Gasteiger partial charge in [-0.05, 0) is 26.0 Å². The van der Waals surface area contributed by atoms with Crippen molar-refractivity contribution in [3.8, 4) is 0 Å². The Morgan fingerprint density at radius 1 is 1.43 bits per heavy atom. The van der Waals surface area contributed by atoms with Crippen molar-refractivity contribution in [1.29, 1.82) is 0 Å². The first-order valence-corrected chi connectivity index (χ1v) is 9.17. The van der Waals surface area contributed by atoms with Gasteiger partial charge in [0.1, 0.15) is 0 Å². The van der Waals surface area contributed by atoms with Crippen molar-refractivity contribution in [1.82, 2.24) is 15.6 Å². The van der Waals surface area contributed by atoms with Gasteiger partial charge >= 0.3 is 0 Å². The van der Waals surface area contributed by atoms with Gasteiger partial charge in [0.25, 0.3) is 0 Å². The molecule has 7 heteroatoms. The quantitative estimate of drug-likeness (QED) is 0.562. The van der Waals surface area contributed by atoms with Crippen LogP contribution in [-0.4, -0.2) is 53.3 Å². The molecule has 0 aromatic carbocycles. The average Bonchev–Trinajstić information content (AvgIpc) is 3.01. The topological polar surface area (TPSA) is 69.5 Å². The highest BCUT2D eigenvalue weighted by molar-refractivity contribution is 7.99. The van der Waals surface area contributed by atoms with Gasteiger partial charge in [0, 0.05) is 37.2 Å². The minimum Gasteiger partial charge on any atom is -0.387 e. The number of hydrogen-bond acceptors (Lipinski definition) is 5. The lowest BCUT2D eigenvalue weighted by Gasteiger charge is -2.23. The molecule has 0 bridgehead atoms. The molecule has 1 fully saturated rings. The number of nitrogens with zero attached hydrogens (tertiary/aromatic N) is 2. The van der Waals surface area contributed by atoms with E-state index in [2.05, 4.69) is 27.5 Å². The number of hydrogen-bond donors (Lipinski definition) is 3. The molecule has 0 saturated carbocycles. The third kappa shape index (κ3) is 4.86. The molecule has 1 saturated heterocycles. The van der Waals surface area contributed by atoms with Crippen molar-refractivity contribution in [3.05, 3.63) is 15.6 Å². The van der Waals surface area contributed by atoms with Crippen molar-refractivity contribution >= 4 is 29.1 Å². The molecular weight excluding hydrogens is 304 g/mol. The van der Waals surface area contributed by atoms with Crippen LogP contribution in [0.3, 0.4) is 0 Å². The molecule has 0 radical (unpaired) electrons. The summed E-state index contributed by atoms with van der Waals surface area (Å²) in [5, 5.41) is 17.9. The van der Waals surface area contributed by atoms with Gasteiger partial charge in [0.15, 0.2) is 5.96 Å². The van der Waals surface area contributed by atoms with E-state index in [0.717, 1.165) is 47.6 Å². The molecule has 5 nitrogen and oxygen atoms in total. The molecule has 1 aromatic heterocycles. The Labute approximate surface area is 134 Å². The zero-order chi connectivity index (χ0) is 15.3. The SMILES string of the molecule is CN=C(NCCc1nc(C)c(C)s1)NCC1(O)CCSC1. The van der Waals surface area contributed by atoms with Crippen molar-refractivity contribution in [3.63, 3.8) is 0 Å². The predicted octanol–water partition coefficient (Wildman–Crippen LogP) is 1.34. The van der Waals surface area contributed by atoms with Gasteiger partial charge in [0.05, 0.1) is 16.3 Å². The number of aliphatic imine (C=N–C) groups is 1. The molecule has 0 aliphatic carbocycles. The first-order chi connectivity index (χ1) is 10.0. The van der Waals surface area contributed by atoms with Crippen LogP contribution in [0.1, 0.15) is 22.0 Å². The lowest BCUT2D eigenvalue weighted by molar-refractivity contribution is 0.0724. The maximum absolute atomic E-state index is 10.3. The summed E-state index contributed by atoms with van der Waals surface area (Å²) in [6.07, 6.45) is 1.74. The molecule has 21 heavy (non-hydrogen) atoms. The maximum Gasteiger partial charge on any atom is 0.191 e.